The van der Waals surface area contributed by atoms with Gasteiger partial charge in [0.2, 0.25) is 5.60 Å². The normalized spacial score (nSPS) is 21.6. The Morgan fingerprint density at radius 2 is 1.44 bits per heavy atom. The highest BCUT2D eigenvalue weighted by atomic mass is 16.6. The second-order valence-corrected chi connectivity index (χ2v) is 7.58. The van der Waals surface area contributed by atoms with Crippen molar-refractivity contribution in [2.24, 2.45) is 0 Å². The quantitative estimate of drug-likeness (QED) is 0.258. The van der Waals surface area contributed by atoms with Gasteiger partial charge in [-0.1, -0.05) is 77.6 Å². The molecule has 154 valence electrons. The van der Waals surface area contributed by atoms with Crippen LogP contribution in [0.15, 0.2) is 12.2 Å². The van der Waals surface area contributed by atoms with E-state index in [1.807, 2.05) is 0 Å². The first-order valence-electron chi connectivity index (χ1n) is 10.6. The van der Waals surface area contributed by atoms with Crippen LogP contribution in [-0.4, -0.2) is 34.3 Å². The Kier molecular flexibility index (Phi) is 11.2. The third kappa shape index (κ3) is 7.96. The van der Waals surface area contributed by atoms with Gasteiger partial charge in [0.15, 0.2) is 17.7 Å². The number of carbonyl (C=O) groups is 3. The van der Waals surface area contributed by atoms with Crippen molar-refractivity contribution < 1.29 is 24.2 Å². The molecular weight excluding hydrogens is 344 g/mol. The summed E-state index contributed by atoms with van der Waals surface area (Å²) in [6, 6.07) is 0. The first-order chi connectivity index (χ1) is 12.9. The van der Waals surface area contributed by atoms with Crippen molar-refractivity contribution in [3.8, 4) is 0 Å². The molecule has 0 aliphatic heterocycles. The zero-order chi connectivity index (χ0) is 20.1. The minimum atomic E-state index is -2.23. The maximum absolute atomic E-state index is 12.3. The van der Waals surface area contributed by atoms with Gasteiger partial charge < -0.3 is 9.84 Å². The average Bonchev–Trinajstić information content (AvgIpc) is 2.91. The first kappa shape index (κ1) is 23.5. The summed E-state index contributed by atoms with van der Waals surface area (Å²) in [5.74, 6) is -1.88. The van der Waals surface area contributed by atoms with Crippen LogP contribution in [-0.2, 0) is 19.1 Å². The molecule has 0 radical (unpaired) electrons. The number of rotatable bonds is 15. The molecule has 1 N–H and O–H groups in total. The van der Waals surface area contributed by atoms with Crippen LogP contribution >= 0.6 is 0 Å². The van der Waals surface area contributed by atoms with Crippen LogP contribution in [0, 0.1) is 0 Å². The molecule has 1 rings (SSSR count). The summed E-state index contributed by atoms with van der Waals surface area (Å²) in [4.78, 5) is 35.3. The Bertz CT molecular complexity index is 511. The molecule has 0 saturated carbocycles. The molecule has 2 unspecified atom stereocenters. The maximum atomic E-state index is 12.3. The van der Waals surface area contributed by atoms with E-state index in [4.69, 9.17) is 4.74 Å². The van der Waals surface area contributed by atoms with E-state index in [1.165, 1.54) is 64.4 Å². The van der Waals surface area contributed by atoms with E-state index in [0.717, 1.165) is 25.3 Å². The molecular formula is C22H36O5. The first-order valence-corrected chi connectivity index (χ1v) is 10.6. The highest BCUT2D eigenvalue weighted by Crippen LogP contribution is 2.27. The van der Waals surface area contributed by atoms with Crippen molar-refractivity contribution in [2.45, 2.75) is 109 Å². The summed E-state index contributed by atoms with van der Waals surface area (Å²) in [5.41, 5.74) is -2.23. The van der Waals surface area contributed by atoms with E-state index < -0.39 is 29.2 Å². The van der Waals surface area contributed by atoms with Crippen molar-refractivity contribution in [2.75, 3.05) is 0 Å². The third-order valence-electron chi connectivity index (χ3n) is 5.19. The SMILES string of the molecule is CCCCCCCCCCCCCCC(=O)C1(O)C(=O)C=CC1OC(C)=O. The van der Waals surface area contributed by atoms with Gasteiger partial charge in [0.1, 0.15) is 0 Å². The predicted molar refractivity (Wildman–Crippen MR) is 105 cm³/mol. The lowest BCUT2D eigenvalue weighted by Gasteiger charge is -2.26. The second-order valence-electron chi connectivity index (χ2n) is 7.58. The Balaban J connectivity index is 2.13. The standard InChI is InChI=1S/C22H36O5/c1-3-4-5-6-7-8-9-10-11-12-13-14-15-19(24)22(26)20(25)16-17-21(22)27-18(2)23/h16-17,21,26H,3-15H2,1-2H3. The van der Waals surface area contributed by atoms with E-state index in [1.54, 1.807) is 0 Å². The van der Waals surface area contributed by atoms with Gasteiger partial charge in [-0.15, -0.1) is 0 Å². The number of esters is 1. The molecule has 1 aliphatic carbocycles. The number of hydrogen-bond acceptors (Lipinski definition) is 5. The van der Waals surface area contributed by atoms with Gasteiger partial charge in [0.05, 0.1) is 0 Å². The van der Waals surface area contributed by atoms with E-state index >= 15 is 0 Å². The number of unbranched alkanes of at least 4 members (excludes halogenated alkanes) is 11. The Morgan fingerprint density at radius 3 is 1.93 bits per heavy atom. The van der Waals surface area contributed by atoms with Gasteiger partial charge in [-0.2, -0.15) is 0 Å². The summed E-state index contributed by atoms with van der Waals surface area (Å²) in [7, 11) is 0. The van der Waals surface area contributed by atoms with Gasteiger partial charge in [-0.25, -0.2) is 0 Å². The minimum absolute atomic E-state index is 0.124. The maximum Gasteiger partial charge on any atom is 0.303 e. The number of aliphatic hydroxyl groups is 1. The van der Waals surface area contributed by atoms with Gasteiger partial charge in [-0.05, 0) is 18.6 Å². The molecule has 0 heterocycles. The summed E-state index contributed by atoms with van der Waals surface area (Å²) in [5, 5.41) is 10.5. The van der Waals surface area contributed by atoms with Crippen molar-refractivity contribution in [3.05, 3.63) is 12.2 Å². The van der Waals surface area contributed by atoms with E-state index in [9.17, 15) is 19.5 Å². The van der Waals surface area contributed by atoms with E-state index in [0.29, 0.717) is 6.42 Å². The number of Topliss-reactive ketones (excluding diaryl/α,β-unsaturated/α-hetero) is 1. The topological polar surface area (TPSA) is 80.7 Å². The van der Waals surface area contributed by atoms with Crippen LogP contribution in [0.5, 0.6) is 0 Å². The van der Waals surface area contributed by atoms with Crippen LogP contribution in [0.3, 0.4) is 0 Å². The highest BCUT2D eigenvalue weighted by molar-refractivity contribution is 6.17. The second kappa shape index (κ2) is 12.8. The average molecular weight is 381 g/mol. The van der Waals surface area contributed by atoms with E-state index in [2.05, 4.69) is 6.92 Å². The number of hydrogen-bond donors (Lipinski definition) is 1. The van der Waals surface area contributed by atoms with Crippen LogP contribution < -0.4 is 0 Å². The van der Waals surface area contributed by atoms with Gasteiger partial charge >= 0.3 is 5.97 Å². The third-order valence-corrected chi connectivity index (χ3v) is 5.19. The zero-order valence-corrected chi connectivity index (χ0v) is 17.0. The Morgan fingerprint density at radius 1 is 0.963 bits per heavy atom. The van der Waals surface area contributed by atoms with Gasteiger partial charge in [0, 0.05) is 13.3 Å². The Hall–Kier alpha value is -1.49. The smallest absolute Gasteiger partial charge is 0.303 e. The number of ether oxygens (including phenoxy) is 1. The molecule has 0 aromatic carbocycles. The molecule has 0 aromatic rings. The molecule has 5 nitrogen and oxygen atoms in total. The van der Waals surface area contributed by atoms with Crippen molar-refractivity contribution in [1.82, 2.24) is 0 Å². The van der Waals surface area contributed by atoms with E-state index in [-0.39, 0.29) is 6.42 Å². The molecule has 27 heavy (non-hydrogen) atoms. The van der Waals surface area contributed by atoms with Crippen LogP contribution in [0.4, 0.5) is 0 Å². The van der Waals surface area contributed by atoms with Crippen LogP contribution in [0.25, 0.3) is 0 Å². The fraction of sp³-hybridized carbons (Fsp3) is 0.773. The lowest BCUT2D eigenvalue weighted by atomic mass is 9.89. The van der Waals surface area contributed by atoms with Gasteiger partial charge in [-0.3, -0.25) is 14.4 Å². The van der Waals surface area contributed by atoms with Crippen LogP contribution in [0.2, 0.25) is 0 Å². The monoisotopic (exact) mass is 380 g/mol. The molecule has 1 aliphatic rings. The van der Waals surface area contributed by atoms with Gasteiger partial charge in [0.25, 0.3) is 0 Å². The highest BCUT2D eigenvalue weighted by Gasteiger charge is 2.52. The minimum Gasteiger partial charge on any atom is -0.454 e. The molecule has 0 spiro atoms. The molecule has 0 saturated heterocycles. The number of carbonyl (C=O) groups excluding carboxylic acids is 3. The molecule has 5 heteroatoms. The molecule has 0 fully saturated rings. The van der Waals surface area contributed by atoms with Crippen molar-refractivity contribution in [1.29, 1.82) is 0 Å². The number of ketones is 2. The fourth-order valence-electron chi connectivity index (χ4n) is 3.50. The summed E-state index contributed by atoms with van der Waals surface area (Å²) in [6.45, 7) is 3.42. The summed E-state index contributed by atoms with van der Waals surface area (Å²) in [6.07, 6.45) is 15.5. The fourth-order valence-corrected chi connectivity index (χ4v) is 3.50. The largest absolute Gasteiger partial charge is 0.454 e. The zero-order valence-electron chi connectivity index (χ0n) is 17.0. The lowest BCUT2D eigenvalue weighted by molar-refractivity contribution is -0.166. The predicted octanol–water partition coefficient (Wildman–Crippen LogP) is 4.45. The summed E-state index contributed by atoms with van der Waals surface area (Å²) >= 11 is 0. The van der Waals surface area contributed by atoms with Crippen molar-refractivity contribution >= 4 is 17.5 Å². The molecule has 2 atom stereocenters. The molecule has 0 aromatic heterocycles. The lowest BCUT2D eigenvalue weighted by Crippen LogP contribution is -2.53. The Labute approximate surface area is 163 Å². The van der Waals surface area contributed by atoms with Crippen LogP contribution in [0.1, 0.15) is 97.3 Å². The molecule has 0 bridgehead atoms. The summed E-state index contributed by atoms with van der Waals surface area (Å²) < 4.78 is 4.91. The van der Waals surface area contributed by atoms with Crippen molar-refractivity contribution in [3.63, 3.8) is 0 Å². The molecule has 0 amide bonds.